The van der Waals surface area contributed by atoms with Crippen LogP contribution in [-0.2, 0) is 6.42 Å². The Morgan fingerprint density at radius 2 is 1.81 bits per heavy atom. The van der Waals surface area contributed by atoms with E-state index in [2.05, 4.69) is 17.5 Å². The summed E-state index contributed by atoms with van der Waals surface area (Å²) in [7, 11) is 1.59. The smallest absolute Gasteiger partial charge is 0.271 e. The van der Waals surface area contributed by atoms with Crippen molar-refractivity contribution < 1.29 is 9.53 Å². The van der Waals surface area contributed by atoms with Gasteiger partial charge in [-0.2, -0.15) is 5.10 Å². The topological polar surface area (TPSA) is 50.7 Å². The number of ether oxygens (including phenoxy) is 1. The highest BCUT2D eigenvalue weighted by atomic mass is 16.5. The van der Waals surface area contributed by atoms with Crippen molar-refractivity contribution in [2.45, 2.75) is 13.3 Å². The van der Waals surface area contributed by atoms with E-state index in [1.165, 1.54) is 5.56 Å². The number of rotatable bonds is 5. The lowest BCUT2D eigenvalue weighted by Gasteiger charge is -2.02. The van der Waals surface area contributed by atoms with E-state index in [4.69, 9.17) is 4.74 Å². The Labute approximate surface area is 124 Å². The molecule has 2 aromatic carbocycles. The molecule has 2 rings (SSSR count). The largest absolute Gasteiger partial charge is 0.497 e. The highest BCUT2D eigenvalue weighted by Gasteiger charge is 2.03. The number of nitrogens with one attached hydrogen (secondary N) is 1. The molecule has 0 fully saturated rings. The number of hydrogen-bond donors (Lipinski definition) is 1. The first-order valence-corrected chi connectivity index (χ1v) is 6.79. The summed E-state index contributed by atoms with van der Waals surface area (Å²) in [4.78, 5) is 11.9. The number of aryl methyl sites for hydroxylation is 1. The minimum Gasteiger partial charge on any atom is -0.497 e. The molecule has 0 aromatic heterocycles. The zero-order valence-corrected chi connectivity index (χ0v) is 12.2. The Hall–Kier alpha value is -2.62. The number of benzene rings is 2. The zero-order valence-electron chi connectivity index (χ0n) is 12.2. The van der Waals surface area contributed by atoms with Crippen LogP contribution in [0.1, 0.15) is 28.4 Å². The average molecular weight is 282 g/mol. The molecular weight excluding hydrogens is 264 g/mol. The molecular formula is C17H18N2O2. The number of carbonyl (C=O) groups excluding carboxylic acids is 1. The average Bonchev–Trinajstić information content (AvgIpc) is 2.55. The molecule has 108 valence electrons. The molecule has 0 heterocycles. The number of carbonyl (C=O) groups is 1. The van der Waals surface area contributed by atoms with Crippen LogP contribution in [0.15, 0.2) is 53.6 Å². The number of nitrogens with zero attached hydrogens (tertiary/aromatic N) is 1. The summed E-state index contributed by atoms with van der Waals surface area (Å²) in [5.41, 5.74) is 5.26. The van der Waals surface area contributed by atoms with E-state index in [-0.39, 0.29) is 5.91 Å². The van der Waals surface area contributed by atoms with Gasteiger partial charge in [0.15, 0.2) is 0 Å². The first-order chi connectivity index (χ1) is 10.2. The Balaban J connectivity index is 1.94. The number of amides is 1. The van der Waals surface area contributed by atoms with Crippen LogP contribution in [0, 0.1) is 0 Å². The molecule has 0 aliphatic rings. The lowest BCUT2D eigenvalue weighted by Crippen LogP contribution is -2.17. The van der Waals surface area contributed by atoms with Crippen molar-refractivity contribution in [3.8, 4) is 5.75 Å². The van der Waals surface area contributed by atoms with Crippen molar-refractivity contribution >= 4 is 12.1 Å². The van der Waals surface area contributed by atoms with E-state index < -0.39 is 0 Å². The van der Waals surface area contributed by atoms with Crippen LogP contribution >= 0.6 is 0 Å². The summed E-state index contributed by atoms with van der Waals surface area (Å²) in [5.74, 6) is 0.463. The van der Waals surface area contributed by atoms with Gasteiger partial charge in [-0.05, 0) is 41.8 Å². The predicted molar refractivity (Wildman–Crippen MR) is 83.9 cm³/mol. The molecule has 0 saturated heterocycles. The molecule has 0 saturated carbocycles. The fourth-order valence-electron chi connectivity index (χ4n) is 1.81. The van der Waals surface area contributed by atoms with Gasteiger partial charge in [0.1, 0.15) is 5.75 Å². The van der Waals surface area contributed by atoms with Gasteiger partial charge < -0.3 is 4.74 Å². The summed E-state index contributed by atoms with van der Waals surface area (Å²) in [6.07, 6.45) is 2.63. The van der Waals surface area contributed by atoms with Gasteiger partial charge in [-0.1, -0.05) is 31.2 Å². The predicted octanol–water partition coefficient (Wildman–Crippen LogP) is 3.02. The van der Waals surface area contributed by atoms with Crippen molar-refractivity contribution in [3.63, 3.8) is 0 Å². The van der Waals surface area contributed by atoms with Gasteiger partial charge in [0, 0.05) is 5.56 Å². The van der Waals surface area contributed by atoms with Gasteiger partial charge in [0.05, 0.1) is 13.3 Å². The first-order valence-electron chi connectivity index (χ1n) is 6.79. The van der Waals surface area contributed by atoms with Crippen LogP contribution in [0.25, 0.3) is 0 Å². The molecule has 0 atom stereocenters. The van der Waals surface area contributed by atoms with E-state index >= 15 is 0 Å². The lowest BCUT2D eigenvalue weighted by molar-refractivity contribution is 0.0955. The second-order valence-corrected chi connectivity index (χ2v) is 4.52. The second-order valence-electron chi connectivity index (χ2n) is 4.52. The number of methoxy groups -OCH3 is 1. The Morgan fingerprint density at radius 3 is 2.38 bits per heavy atom. The van der Waals surface area contributed by atoms with Gasteiger partial charge in [-0.15, -0.1) is 0 Å². The molecule has 0 bridgehead atoms. The summed E-state index contributed by atoms with van der Waals surface area (Å²) < 4.78 is 5.05. The summed E-state index contributed by atoms with van der Waals surface area (Å²) in [5, 5.41) is 3.96. The fraction of sp³-hybridized carbons (Fsp3) is 0.176. The fourth-order valence-corrected chi connectivity index (χ4v) is 1.81. The maximum Gasteiger partial charge on any atom is 0.271 e. The molecule has 0 unspecified atom stereocenters. The molecule has 1 amide bonds. The van der Waals surface area contributed by atoms with Gasteiger partial charge in [-0.3, -0.25) is 4.79 Å². The van der Waals surface area contributed by atoms with E-state index in [1.54, 1.807) is 37.6 Å². The molecule has 21 heavy (non-hydrogen) atoms. The first kappa shape index (κ1) is 14.8. The Kier molecular flexibility index (Phi) is 5.10. The van der Waals surface area contributed by atoms with Crippen molar-refractivity contribution in [1.29, 1.82) is 0 Å². The third-order valence-corrected chi connectivity index (χ3v) is 3.12. The quantitative estimate of drug-likeness (QED) is 0.677. The van der Waals surface area contributed by atoms with Crippen molar-refractivity contribution in [2.24, 2.45) is 5.10 Å². The van der Waals surface area contributed by atoms with E-state index in [0.717, 1.165) is 12.0 Å². The lowest BCUT2D eigenvalue weighted by atomic mass is 10.1. The molecule has 4 nitrogen and oxygen atoms in total. The maximum absolute atomic E-state index is 11.9. The molecule has 0 aliphatic heterocycles. The minimum absolute atomic E-state index is 0.251. The zero-order chi connectivity index (χ0) is 15.1. The maximum atomic E-state index is 11.9. The van der Waals surface area contributed by atoms with Crippen LogP contribution in [0.3, 0.4) is 0 Å². The molecule has 2 aromatic rings. The Morgan fingerprint density at radius 1 is 1.14 bits per heavy atom. The van der Waals surface area contributed by atoms with E-state index in [1.807, 2.05) is 24.3 Å². The molecule has 0 spiro atoms. The van der Waals surface area contributed by atoms with Crippen molar-refractivity contribution in [2.75, 3.05) is 7.11 Å². The van der Waals surface area contributed by atoms with Gasteiger partial charge in [-0.25, -0.2) is 5.43 Å². The van der Waals surface area contributed by atoms with Gasteiger partial charge in [0.2, 0.25) is 0 Å². The van der Waals surface area contributed by atoms with Crippen LogP contribution in [0.4, 0.5) is 0 Å². The third kappa shape index (κ3) is 4.18. The van der Waals surface area contributed by atoms with E-state index in [0.29, 0.717) is 11.3 Å². The van der Waals surface area contributed by atoms with Gasteiger partial charge in [0.25, 0.3) is 5.91 Å². The highest BCUT2D eigenvalue weighted by molar-refractivity contribution is 5.94. The SMILES string of the molecule is CCc1ccc(C=NNC(=O)c2ccc(OC)cc2)cc1. The molecule has 4 heteroatoms. The summed E-state index contributed by atoms with van der Waals surface area (Å²) >= 11 is 0. The normalized spacial score (nSPS) is 10.6. The van der Waals surface area contributed by atoms with Crippen molar-refractivity contribution in [3.05, 3.63) is 65.2 Å². The van der Waals surface area contributed by atoms with Crippen LogP contribution in [0.5, 0.6) is 5.75 Å². The van der Waals surface area contributed by atoms with Crippen LogP contribution < -0.4 is 10.2 Å². The highest BCUT2D eigenvalue weighted by Crippen LogP contribution is 2.11. The number of hydrogen-bond acceptors (Lipinski definition) is 3. The molecule has 1 N–H and O–H groups in total. The second kappa shape index (κ2) is 7.24. The molecule has 0 aliphatic carbocycles. The monoisotopic (exact) mass is 282 g/mol. The molecule has 0 radical (unpaired) electrons. The van der Waals surface area contributed by atoms with Crippen molar-refractivity contribution in [1.82, 2.24) is 5.43 Å². The van der Waals surface area contributed by atoms with E-state index in [9.17, 15) is 4.79 Å². The summed E-state index contributed by atoms with van der Waals surface area (Å²) in [6, 6.07) is 14.9. The standard InChI is InChI=1S/C17H18N2O2/c1-3-13-4-6-14(7-5-13)12-18-19-17(20)15-8-10-16(21-2)11-9-15/h4-12H,3H2,1-2H3,(H,19,20). The Bertz CT molecular complexity index is 616. The minimum atomic E-state index is -0.251. The van der Waals surface area contributed by atoms with Gasteiger partial charge >= 0.3 is 0 Å². The van der Waals surface area contributed by atoms with Crippen LogP contribution in [-0.4, -0.2) is 19.2 Å². The summed E-state index contributed by atoms with van der Waals surface area (Å²) in [6.45, 7) is 2.11. The third-order valence-electron chi connectivity index (χ3n) is 3.12. The van der Waals surface area contributed by atoms with Crippen LogP contribution in [0.2, 0.25) is 0 Å². The number of hydrazone groups is 1.